The van der Waals surface area contributed by atoms with E-state index >= 15 is 0 Å². The third-order valence-corrected chi connectivity index (χ3v) is 4.70. The number of piperidine rings is 1. The van der Waals surface area contributed by atoms with Crippen molar-refractivity contribution >= 4 is 22.4 Å². The molecule has 2 N–H and O–H groups in total. The molecule has 0 saturated carbocycles. The van der Waals surface area contributed by atoms with Gasteiger partial charge in [0.1, 0.15) is 16.5 Å². The van der Waals surface area contributed by atoms with Crippen LogP contribution in [0.25, 0.3) is 0 Å². The minimum atomic E-state index is -3.95. The Morgan fingerprint density at radius 1 is 1.20 bits per heavy atom. The molecule has 0 spiro atoms. The predicted octanol–water partition coefficient (Wildman–Crippen LogP) is 1.73. The van der Waals surface area contributed by atoms with Gasteiger partial charge in [-0.25, -0.2) is 21.9 Å². The fourth-order valence-electron chi connectivity index (χ4n) is 2.06. The molecule has 8 heteroatoms. The molecule has 1 fully saturated rings. The standard InChI is InChI=1S/C12H16F2N2O2S.ClH/c1-8-6-12(11(14)7-10(8)13)19(17,18)16-9-2-4-15-5-3-9;/h6-7,9,15-16H,2-5H2,1H3;1H. The van der Waals surface area contributed by atoms with Crippen LogP contribution in [-0.2, 0) is 10.0 Å². The lowest BCUT2D eigenvalue weighted by atomic mass is 10.1. The third-order valence-electron chi connectivity index (χ3n) is 3.16. The van der Waals surface area contributed by atoms with E-state index in [4.69, 9.17) is 0 Å². The molecular weight excluding hydrogens is 310 g/mol. The maximum absolute atomic E-state index is 13.6. The van der Waals surface area contributed by atoms with Gasteiger partial charge in [0.05, 0.1) is 0 Å². The van der Waals surface area contributed by atoms with Gasteiger partial charge < -0.3 is 5.32 Å². The Kier molecular flexibility index (Phi) is 5.88. The molecule has 0 aliphatic carbocycles. The first-order valence-electron chi connectivity index (χ1n) is 6.09. The second kappa shape index (κ2) is 6.80. The highest BCUT2D eigenvalue weighted by molar-refractivity contribution is 7.89. The van der Waals surface area contributed by atoms with Gasteiger partial charge in [-0.05, 0) is 44.5 Å². The molecule has 1 aromatic carbocycles. The molecule has 0 atom stereocenters. The Hall–Kier alpha value is -0.760. The van der Waals surface area contributed by atoms with Crippen molar-refractivity contribution < 1.29 is 17.2 Å². The van der Waals surface area contributed by atoms with Crippen molar-refractivity contribution in [1.29, 1.82) is 0 Å². The van der Waals surface area contributed by atoms with Crippen LogP contribution in [0.5, 0.6) is 0 Å². The lowest BCUT2D eigenvalue weighted by Crippen LogP contribution is -2.42. The van der Waals surface area contributed by atoms with Crippen LogP contribution in [0.1, 0.15) is 18.4 Å². The first-order valence-corrected chi connectivity index (χ1v) is 7.57. The molecule has 0 unspecified atom stereocenters. The quantitative estimate of drug-likeness (QED) is 0.889. The van der Waals surface area contributed by atoms with E-state index in [0.29, 0.717) is 18.9 Å². The number of sulfonamides is 1. The van der Waals surface area contributed by atoms with Gasteiger partial charge in [0.15, 0.2) is 0 Å². The summed E-state index contributed by atoms with van der Waals surface area (Å²) in [6.07, 6.45) is 1.31. The van der Waals surface area contributed by atoms with Crippen LogP contribution in [0.2, 0.25) is 0 Å². The number of aryl methyl sites for hydroxylation is 1. The van der Waals surface area contributed by atoms with Crippen LogP contribution in [0.4, 0.5) is 8.78 Å². The molecule has 114 valence electrons. The first kappa shape index (κ1) is 17.3. The molecule has 0 aromatic heterocycles. The van der Waals surface area contributed by atoms with E-state index < -0.39 is 26.6 Å². The first-order chi connectivity index (χ1) is 8.90. The van der Waals surface area contributed by atoms with Crippen molar-refractivity contribution in [3.8, 4) is 0 Å². The second-order valence-electron chi connectivity index (χ2n) is 4.68. The Bertz CT molecular complexity index is 575. The summed E-state index contributed by atoms with van der Waals surface area (Å²) in [5.74, 6) is -1.82. The number of hydrogen-bond donors (Lipinski definition) is 2. The van der Waals surface area contributed by atoms with Crippen LogP contribution >= 0.6 is 12.4 Å². The number of nitrogens with one attached hydrogen (secondary N) is 2. The zero-order valence-electron chi connectivity index (χ0n) is 10.9. The largest absolute Gasteiger partial charge is 0.317 e. The predicted molar refractivity (Wildman–Crippen MR) is 74.6 cm³/mol. The normalized spacial score (nSPS) is 16.8. The number of rotatable bonds is 3. The summed E-state index contributed by atoms with van der Waals surface area (Å²) in [5, 5.41) is 3.11. The molecule has 1 aliphatic rings. The van der Waals surface area contributed by atoms with Gasteiger partial charge in [-0.3, -0.25) is 0 Å². The molecule has 4 nitrogen and oxygen atoms in total. The van der Waals surface area contributed by atoms with E-state index in [1.807, 2.05) is 0 Å². The summed E-state index contributed by atoms with van der Waals surface area (Å²) < 4.78 is 53.4. The molecule has 0 radical (unpaired) electrons. The van der Waals surface area contributed by atoms with Crippen LogP contribution in [0.15, 0.2) is 17.0 Å². The highest BCUT2D eigenvalue weighted by Gasteiger charge is 2.25. The van der Waals surface area contributed by atoms with Crippen LogP contribution in [-0.4, -0.2) is 27.5 Å². The Morgan fingerprint density at radius 2 is 1.80 bits per heavy atom. The molecular formula is C12H17ClF2N2O2S. The van der Waals surface area contributed by atoms with E-state index in [1.54, 1.807) is 0 Å². The summed E-state index contributed by atoms with van der Waals surface area (Å²) in [6, 6.07) is 1.41. The smallest absolute Gasteiger partial charge is 0.243 e. The topological polar surface area (TPSA) is 58.2 Å². The van der Waals surface area contributed by atoms with Crippen LogP contribution in [0, 0.1) is 18.6 Å². The van der Waals surface area contributed by atoms with Crippen molar-refractivity contribution in [3.05, 3.63) is 29.3 Å². The van der Waals surface area contributed by atoms with Crippen molar-refractivity contribution in [2.75, 3.05) is 13.1 Å². The van der Waals surface area contributed by atoms with Gasteiger partial charge in [-0.15, -0.1) is 12.4 Å². The van der Waals surface area contributed by atoms with E-state index in [2.05, 4.69) is 10.0 Å². The zero-order valence-corrected chi connectivity index (χ0v) is 12.6. The molecule has 2 rings (SSSR count). The summed E-state index contributed by atoms with van der Waals surface area (Å²) >= 11 is 0. The number of benzene rings is 1. The van der Waals surface area contributed by atoms with Crippen molar-refractivity contribution in [2.45, 2.75) is 30.7 Å². The summed E-state index contributed by atoms with van der Waals surface area (Å²) in [6.45, 7) is 2.84. The van der Waals surface area contributed by atoms with Gasteiger partial charge in [-0.2, -0.15) is 0 Å². The molecule has 1 heterocycles. The monoisotopic (exact) mass is 326 g/mol. The SMILES string of the molecule is Cc1cc(S(=O)(=O)NC2CCNCC2)c(F)cc1F.Cl. The fraction of sp³-hybridized carbons (Fsp3) is 0.500. The molecule has 1 saturated heterocycles. The minimum absolute atomic E-state index is 0. The van der Waals surface area contributed by atoms with Gasteiger partial charge in [0.2, 0.25) is 10.0 Å². The second-order valence-corrected chi connectivity index (χ2v) is 6.36. The summed E-state index contributed by atoms with van der Waals surface area (Å²) in [4.78, 5) is -0.495. The van der Waals surface area contributed by atoms with Gasteiger partial charge in [0.25, 0.3) is 0 Å². The molecule has 0 amide bonds. The highest BCUT2D eigenvalue weighted by Crippen LogP contribution is 2.20. The van der Waals surface area contributed by atoms with Gasteiger partial charge >= 0.3 is 0 Å². The van der Waals surface area contributed by atoms with E-state index in [1.165, 1.54) is 6.92 Å². The van der Waals surface area contributed by atoms with Crippen LogP contribution < -0.4 is 10.0 Å². The molecule has 0 bridgehead atoms. The van der Waals surface area contributed by atoms with Gasteiger partial charge in [-0.1, -0.05) is 0 Å². The Balaban J connectivity index is 0.00000200. The fourth-order valence-corrected chi connectivity index (χ4v) is 3.51. The molecule has 1 aromatic rings. The molecule has 1 aliphatic heterocycles. The maximum atomic E-state index is 13.6. The lowest BCUT2D eigenvalue weighted by Gasteiger charge is -2.23. The zero-order chi connectivity index (χ0) is 14.0. The van der Waals surface area contributed by atoms with E-state index in [9.17, 15) is 17.2 Å². The van der Waals surface area contributed by atoms with E-state index in [-0.39, 0.29) is 24.0 Å². The lowest BCUT2D eigenvalue weighted by molar-refractivity contribution is 0.425. The molecule has 20 heavy (non-hydrogen) atoms. The highest BCUT2D eigenvalue weighted by atomic mass is 35.5. The average Bonchev–Trinajstić information content (AvgIpc) is 2.34. The number of halogens is 3. The summed E-state index contributed by atoms with van der Waals surface area (Å²) in [7, 11) is -3.95. The van der Waals surface area contributed by atoms with Gasteiger partial charge in [0, 0.05) is 12.1 Å². The van der Waals surface area contributed by atoms with Crippen molar-refractivity contribution in [1.82, 2.24) is 10.0 Å². The average molecular weight is 327 g/mol. The maximum Gasteiger partial charge on any atom is 0.243 e. The summed E-state index contributed by atoms with van der Waals surface area (Å²) in [5.41, 5.74) is 0.104. The van der Waals surface area contributed by atoms with Crippen molar-refractivity contribution in [3.63, 3.8) is 0 Å². The minimum Gasteiger partial charge on any atom is -0.317 e. The van der Waals surface area contributed by atoms with Crippen LogP contribution in [0.3, 0.4) is 0 Å². The Morgan fingerprint density at radius 3 is 2.40 bits per heavy atom. The number of hydrogen-bond acceptors (Lipinski definition) is 3. The Labute approximate surface area is 123 Å². The van der Waals surface area contributed by atoms with E-state index in [0.717, 1.165) is 19.2 Å². The third kappa shape index (κ3) is 3.88. The van der Waals surface area contributed by atoms with Crippen molar-refractivity contribution in [2.24, 2.45) is 0 Å².